The van der Waals surface area contributed by atoms with E-state index in [1.54, 1.807) is 13.2 Å². The number of anilines is 1. The number of hydrogen-bond acceptors (Lipinski definition) is 6. The second-order valence-corrected chi connectivity index (χ2v) is 1.50. The fourth-order valence-electron chi connectivity index (χ4n) is 0.343. The van der Waals surface area contributed by atoms with Crippen molar-refractivity contribution in [3.05, 3.63) is 21.5 Å². The first-order chi connectivity index (χ1) is 5.02. The van der Waals surface area contributed by atoms with E-state index in [1.165, 1.54) is 4.68 Å². The van der Waals surface area contributed by atoms with Crippen LogP contribution in [0.4, 0.5) is 5.88 Å². The topological polar surface area (TPSA) is 122 Å². The van der Waals surface area contributed by atoms with E-state index in [1.807, 2.05) is 0 Å². The molecule has 0 saturated heterocycles. The highest BCUT2D eigenvalue weighted by molar-refractivity contribution is 5.11. The first-order valence-corrected chi connectivity index (χ1v) is 2.42. The van der Waals surface area contributed by atoms with Gasteiger partial charge in [0.15, 0.2) is 12.3 Å². The summed E-state index contributed by atoms with van der Waals surface area (Å²) in [6.45, 7) is 0. The smallest absolute Gasteiger partial charge is 0.293 e. The minimum absolute atomic E-state index is 0.336. The molecular weight excluding hydrogens is 156 g/mol. The van der Waals surface area contributed by atoms with Crippen molar-refractivity contribution >= 4 is 5.88 Å². The van der Waals surface area contributed by atoms with E-state index >= 15 is 0 Å². The standard InChI is InChI=1S/C3H6N3O.NO3/c1-6-2-3(4)7-5-6;2-1(3)4/h2H,4H2,1H3;/q+1;-1. The van der Waals surface area contributed by atoms with Gasteiger partial charge in [0.25, 0.3) is 12.1 Å². The minimum Gasteiger partial charge on any atom is -0.362 e. The van der Waals surface area contributed by atoms with Crippen molar-refractivity contribution in [1.82, 2.24) is 5.27 Å². The van der Waals surface area contributed by atoms with Gasteiger partial charge in [0.2, 0.25) is 0 Å². The van der Waals surface area contributed by atoms with Crippen molar-refractivity contribution < 1.29 is 14.3 Å². The van der Waals surface area contributed by atoms with Gasteiger partial charge in [-0.25, -0.2) is 0 Å². The largest absolute Gasteiger partial charge is 0.362 e. The Bertz CT molecular complexity index is 212. The van der Waals surface area contributed by atoms with Crippen LogP contribution in [0.5, 0.6) is 0 Å². The Balaban J connectivity index is 0.000000218. The number of rotatable bonds is 0. The van der Waals surface area contributed by atoms with Crippen LogP contribution in [0, 0.1) is 15.3 Å². The Morgan fingerprint density at radius 2 is 2.27 bits per heavy atom. The van der Waals surface area contributed by atoms with E-state index in [-0.39, 0.29) is 0 Å². The first-order valence-electron chi connectivity index (χ1n) is 2.42. The lowest BCUT2D eigenvalue weighted by atomic mass is 10.8. The zero-order valence-corrected chi connectivity index (χ0v) is 5.63. The van der Waals surface area contributed by atoms with Crippen molar-refractivity contribution in [1.29, 1.82) is 0 Å². The molecule has 0 amide bonds. The molecule has 8 nitrogen and oxygen atoms in total. The van der Waals surface area contributed by atoms with Crippen LogP contribution in [0.2, 0.25) is 0 Å². The molecule has 0 bridgehead atoms. The summed E-state index contributed by atoms with van der Waals surface area (Å²) in [6.07, 6.45) is 1.58. The van der Waals surface area contributed by atoms with Gasteiger partial charge in [-0.05, 0) is 0 Å². The summed E-state index contributed by atoms with van der Waals surface area (Å²) in [5, 5.41) is 18.2. The number of aromatic nitrogens is 2. The van der Waals surface area contributed by atoms with E-state index in [4.69, 9.17) is 21.1 Å². The predicted molar refractivity (Wildman–Crippen MR) is 32.5 cm³/mol. The minimum atomic E-state index is -1.75. The maximum absolute atomic E-state index is 8.25. The highest BCUT2D eigenvalue weighted by Gasteiger charge is 1.97. The van der Waals surface area contributed by atoms with E-state index in [0.29, 0.717) is 5.88 Å². The van der Waals surface area contributed by atoms with Crippen LogP contribution in [0.3, 0.4) is 0 Å². The van der Waals surface area contributed by atoms with Gasteiger partial charge in [-0.15, -0.1) is 0 Å². The Kier molecular flexibility index (Phi) is 3.35. The Labute approximate surface area is 60.9 Å². The third kappa shape index (κ3) is 6.02. The summed E-state index contributed by atoms with van der Waals surface area (Å²) in [5.74, 6) is 0.336. The van der Waals surface area contributed by atoms with E-state index < -0.39 is 5.09 Å². The van der Waals surface area contributed by atoms with E-state index in [9.17, 15) is 0 Å². The summed E-state index contributed by atoms with van der Waals surface area (Å²) < 4.78 is 5.95. The van der Waals surface area contributed by atoms with Crippen LogP contribution < -0.4 is 10.4 Å². The zero-order chi connectivity index (χ0) is 8.85. The fraction of sp³-hybridized carbons (Fsp3) is 0.333. The van der Waals surface area contributed by atoms with Crippen LogP contribution in [0.1, 0.15) is 0 Å². The quantitative estimate of drug-likeness (QED) is 0.291. The maximum atomic E-state index is 8.25. The summed E-state index contributed by atoms with van der Waals surface area (Å²) in [7, 11) is 1.74. The lowest BCUT2D eigenvalue weighted by molar-refractivity contribution is -0.739. The van der Waals surface area contributed by atoms with Crippen molar-refractivity contribution in [2.45, 2.75) is 0 Å². The van der Waals surface area contributed by atoms with Gasteiger partial charge in [-0.1, -0.05) is 4.68 Å². The molecular formula is C3H6N4O4. The first kappa shape index (κ1) is 9.14. The van der Waals surface area contributed by atoms with Crippen molar-refractivity contribution in [3.8, 4) is 0 Å². The van der Waals surface area contributed by atoms with Gasteiger partial charge >= 0.3 is 0 Å². The number of nitrogen functional groups attached to an aromatic ring is 1. The molecule has 11 heavy (non-hydrogen) atoms. The van der Waals surface area contributed by atoms with Crippen LogP contribution in [-0.4, -0.2) is 10.4 Å². The Morgan fingerprint density at radius 3 is 2.36 bits per heavy atom. The molecule has 0 aliphatic rings. The molecule has 8 heteroatoms. The molecule has 1 aromatic rings. The normalized spacial score (nSPS) is 8.09. The molecule has 2 N–H and O–H groups in total. The molecule has 1 heterocycles. The second kappa shape index (κ2) is 4.04. The van der Waals surface area contributed by atoms with Crippen LogP contribution in [-0.2, 0) is 7.05 Å². The number of hydrogen-bond donors (Lipinski definition) is 1. The monoisotopic (exact) mass is 162 g/mol. The zero-order valence-electron chi connectivity index (χ0n) is 5.63. The maximum Gasteiger partial charge on any atom is 0.293 e. The van der Waals surface area contributed by atoms with Gasteiger partial charge in [-0.3, -0.25) is 4.52 Å². The van der Waals surface area contributed by atoms with Crippen molar-refractivity contribution in [2.75, 3.05) is 5.73 Å². The average Bonchev–Trinajstić information content (AvgIpc) is 2.13. The Morgan fingerprint density at radius 1 is 1.82 bits per heavy atom. The van der Waals surface area contributed by atoms with E-state index in [2.05, 4.69) is 9.79 Å². The Hall–Kier alpha value is -1.86. The second-order valence-electron chi connectivity index (χ2n) is 1.50. The molecule has 0 saturated carbocycles. The average molecular weight is 162 g/mol. The van der Waals surface area contributed by atoms with Gasteiger partial charge in [0.05, 0.1) is 5.09 Å². The SMILES string of the molecule is C[n+]1cc(N)on1.O=[N+]([O-])[O-]. The molecule has 0 spiro atoms. The highest BCUT2D eigenvalue weighted by atomic mass is 16.9. The summed E-state index contributed by atoms with van der Waals surface area (Å²) in [6, 6.07) is 0. The van der Waals surface area contributed by atoms with Gasteiger partial charge < -0.3 is 21.1 Å². The van der Waals surface area contributed by atoms with Gasteiger partial charge in [-0.2, -0.15) is 0 Å². The molecule has 0 aliphatic heterocycles. The lowest BCUT2D eigenvalue weighted by Crippen LogP contribution is -2.27. The molecule has 1 aromatic heterocycles. The van der Waals surface area contributed by atoms with Gasteiger partial charge in [0, 0.05) is 0 Å². The number of nitrogens with zero attached hydrogens (tertiary/aromatic N) is 3. The molecule has 62 valence electrons. The molecule has 0 atom stereocenters. The lowest BCUT2D eigenvalue weighted by Gasteiger charge is -1.74. The van der Waals surface area contributed by atoms with Crippen LogP contribution in [0.15, 0.2) is 10.7 Å². The summed E-state index contributed by atoms with van der Waals surface area (Å²) in [4.78, 5) is 8.25. The molecule has 0 fully saturated rings. The summed E-state index contributed by atoms with van der Waals surface area (Å²) >= 11 is 0. The molecule has 1 rings (SSSR count). The molecule has 0 radical (unpaired) electrons. The van der Waals surface area contributed by atoms with Crippen molar-refractivity contribution in [3.63, 3.8) is 0 Å². The number of aryl methyl sites for hydroxylation is 1. The van der Waals surface area contributed by atoms with Crippen LogP contribution in [0.25, 0.3) is 0 Å². The van der Waals surface area contributed by atoms with E-state index in [0.717, 1.165) is 0 Å². The third-order valence-electron chi connectivity index (χ3n) is 0.589. The van der Waals surface area contributed by atoms with Crippen molar-refractivity contribution in [2.24, 2.45) is 7.05 Å². The fourth-order valence-corrected chi connectivity index (χ4v) is 0.343. The third-order valence-corrected chi connectivity index (χ3v) is 0.589. The summed E-state index contributed by atoms with van der Waals surface area (Å²) in [5.41, 5.74) is 5.13. The van der Waals surface area contributed by atoms with Crippen LogP contribution >= 0.6 is 0 Å². The number of nitrogens with two attached hydrogens (primary N) is 1. The molecule has 0 aromatic carbocycles. The molecule has 0 aliphatic carbocycles. The predicted octanol–water partition coefficient (Wildman–Crippen LogP) is -1.16. The van der Waals surface area contributed by atoms with Gasteiger partial charge in [0.1, 0.15) is 0 Å². The molecule has 0 unspecified atom stereocenters. The highest BCUT2D eigenvalue weighted by Crippen LogP contribution is 1.86.